The molecule has 0 spiro atoms. The summed E-state index contributed by atoms with van der Waals surface area (Å²) in [5.74, 6) is -1.03. The van der Waals surface area contributed by atoms with Crippen molar-refractivity contribution >= 4 is 15.9 Å². The molecule has 0 aliphatic heterocycles. The van der Waals surface area contributed by atoms with Crippen LogP contribution in [0.25, 0.3) is 17.2 Å². The van der Waals surface area contributed by atoms with E-state index >= 15 is 0 Å². The lowest BCUT2D eigenvalue weighted by Gasteiger charge is -2.17. The lowest BCUT2D eigenvalue weighted by molar-refractivity contribution is 0.0969. The maximum Gasteiger partial charge on any atom is 0.303 e. The van der Waals surface area contributed by atoms with Gasteiger partial charge in [0.25, 0.3) is 0 Å². The highest BCUT2D eigenvalue weighted by Gasteiger charge is 2.29. The molecule has 0 aliphatic rings. The molecular formula is C23H23N7O5S. The summed E-state index contributed by atoms with van der Waals surface area (Å²) in [6.07, 6.45) is 4.62. The Hall–Kier alpha value is -4.39. The minimum absolute atomic E-state index is 0.0401. The monoisotopic (exact) mass is 509 g/mol. The van der Waals surface area contributed by atoms with Crippen LogP contribution < -0.4 is 14.2 Å². The smallest absolute Gasteiger partial charge is 0.303 e. The highest BCUT2D eigenvalue weighted by Crippen LogP contribution is 2.36. The zero-order valence-electron chi connectivity index (χ0n) is 20.0. The predicted octanol–water partition coefficient (Wildman–Crippen LogP) is 2.01. The molecule has 3 heterocycles. The number of hydrogen-bond donors (Lipinski definition) is 1. The van der Waals surface area contributed by atoms with Crippen LogP contribution in [0.1, 0.15) is 27.6 Å². The summed E-state index contributed by atoms with van der Waals surface area (Å²) < 4.78 is 39.9. The Morgan fingerprint density at radius 2 is 1.56 bits per heavy atom. The number of ether oxygens (including phenoxy) is 2. The summed E-state index contributed by atoms with van der Waals surface area (Å²) >= 11 is 0. The van der Waals surface area contributed by atoms with Crippen LogP contribution in [0.5, 0.6) is 11.5 Å². The van der Waals surface area contributed by atoms with Crippen molar-refractivity contribution in [1.29, 1.82) is 0 Å². The molecule has 186 valence electrons. The summed E-state index contributed by atoms with van der Waals surface area (Å²) in [5.41, 5.74) is 2.39. The first-order chi connectivity index (χ1) is 17.2. The minimum Gasteiger partial charge on any atom is -0.494 e. The van der Waals surface area contributed by atoms with Gasteiger partial charge in [0.2, 0.25) is 15.8 Å². The van der Waals surface area contributed by atoms with E-state index in [0.29, 0.717) is 22.9 Å². The lowest BCUT2D eigenvalue weighted by Crippen LogP contribution is -2.34. The summed E-state index contributed by atoms with van der Waals surface area (Å²) in [5, 5.41) is 8.15. The van der Waals surface area contributed by atoms with Crippen molar-refractivity contribution in [3.05, 3.63) is 71.7 Å². The number of rotatable bonds is 8. The van der Waals surface area contributed by atoms with Crippen LogP contribution in [0, 0.1) is 13.8 Å². The Labute approximate surface area is 207 Å². The van der Waals surface area contributed by atoms with Gasteiger partial charge in [-0.05, 0) is 43.2 Å². The maximum atomic E-state index is 13.2. The minimum atomic E-state index is -4.17. The van der Waals surface area contributed by atoms with Gasteiger partial charge in [0, 0.05) is 18.6 Å². The number of benzene rings is 1. The summed E-state index contributed by atoms with van der Waals surface area (Å²) in [6.45, 7) is 3.66. The lowest BCUT2D eigenvalue weighted by atomic mass is 10.2. The third-order valence-corrected chi connectivity index (χ3v) is 6.17. The number of aryl methyl sites for hydroxylation is 2. The number of nitrogens with one attached hydrogen (secondary N) is 1. The number of para-hydroxylation sites is 1. The van der Waals surface area contributed by atoms with E-state index in [4.69, 9.17) is 9.47 Å². The normalized spacial score (nSPS) is 11.2. The molecule has 0 radical (unpaired) electrons. The standard InChI is InChI=1S/C23H23N7O5S/c1-14-8-9-16(24-10-14)21-27-28-22(30(21)20-17(34-3)6-5-7-18(20)35-4)23(31)29-36(32,33)13-19-25-11-15(2)12-26-19/h5-12H,13H2,1-4H3,(H,29,31). The SMILES string of the molecule is COc1cccc(OC)c1-n1c(C(=O)NS(=O)(=O)Cc2ncc(C)cn2)nnc1-c1ccc(C)cn1. The first-order valence-corrected chi connectivity index (χ1v) is 12.3. The highest BCUT2D eigenvalue weighted by atomic mass is 32.2. The Bertz CT molecular complexity index is 1480. The Balaban J connectivity index is 1.81. The first kappa shape index (κ1) is 24.7. The van der Waals surface area contributed by atoms with Crippen LogP contribution in [0.15, 0.2) is 48.9 Å². The van der Waals surface area contributed by atoms with E-state index in [9.17, 15) is 13.2 Å². The van der Waals surface area contributed by atoms with Crippen molar-refractivity contribution in [3.8, 4) is 28.7 Å². The van der Waals surface area contributed by atoms with E-state index in [-0.39, 0.29) is 17.5 Å². The number of methoxy groups -OCH3 is 2. The molecule has 13 heteroatoms. The van der Waals surface area contributed by atoms with Crippen LogP contribution in [0.4, 0.5) is 0 Å². The molecule has 0 bridgehead atoms. The Morgan fingerprint density at radius 3 is 2.14 bits per heavy atom. The molecule has 3 aromatic heterocycles. The fraction of sp³-hybridized carbons (Fsp3) is 0.217. The molecule has 0 atom stereocenters. The molecule has 4 aromatic rings. The number of aromatic nitrogens is 6. The second-order valence-corrected chi connectivity index (χ2v) is 9.50. The highest BCUT2D eigenvalue weighted by molar-refractivity contribution is 7.89. The van der Waals surface area contributed by atoms with Crippen LogP contribution >= 0.6 is 0 Å². The third kappa shape index (κ3) is 5.15. The van der Waals surface area contributed by atoms with Gasteiger partial charge < -0.3 is 9.47 Å². The molecule has 0 saturated carbocycles. The molecule has 12 nitrogen and oxygen atoms in total. The van der Waals surface area contributed by atoms with E-state index in [1.807, 2.05) is 17.7 Å². The summed E-state index contributed by atoms with van der Waals surface area (Å²) in [6, 6.07) is 8.58. The second kappa shape index (κ2) is 10.1. The van der Waals surface area contributed by atoms with Gasteiger partial charge in [-0.15, -0.1) is 10.2 Å². The van der Waals surface area contributed by atoms with Crippen LogP contribution in [0.3, 0.4) is 0 Å². The van der Waals surface area contributed by atoms with E-state index in [1.165, 1.54) is 31.2 Å². The molecule has 1 aromatic carbocycles. The number of carbonyl (C=O) groups excluding carboxylic acids is 1. The largest absolute Gasteiger partial charge is 0.494 e. The number of sulfonamides is 1. The molecular weight excluding hydrogens is 486 g/mol. The van der Waals surface area contributed by atoms with Gasteiger partial charge in [-0.1, -0.05) is 12.1 Å². The third-order valence-electron chi connectivity index (χ3n) is 5.03. The molecule has 4 rings (SSSR count). The second-order valence-electron chi connectivity index (χ2n) is 7.78. The average Bonchev–Trinajstić information content (AvgIpc) is 3.29. The maximum absolute atomic E-state index is 13.2. The number of amides is 1. The van der Waals surface area contributed by atoms with Gasteiger partial charge in [-0.25, -0.2) is 23.1 Å². The molecule has 0 unspecified atom stereocenters. The van der Waals surface area contributed by atoms with Gasteiger partial charge in [0.1, 0.15) is 34.5 Å². The fourth-order valence-electron chi connectivity index (χ4n) is 3.35. The number of carbonyl (C=O) groups is 1. The quantitative estimate of drug-likeness (QED) is 0.373. The summed E-state index contributed by atoms with van der Waals surface area (Å²) in [7, 11) is -1.26. The zero-order valence-corrected chi connectivity index (χ0v) is 20.8. The average molecular weight is 510 g/mol. The molecule has 0 saturated heterocycles. The van der Waals surface area contributed by atoms with Gasteiger partial charge >= 0.3 is 5.91 Å². The van der Waals surface area contributed by atoms with E-state index in [1.54, 1.807) is 37.4 Å². The predicted molar refractivity (Wildman–Crippen MR) is 129 cm³/mol. The van der Waals surface area contributed by atoms with Crippen molar-refractivity contribution in [2.45, 2.75) is 19.6 Å². The van der Waals surface area contributed by atoms with Gasteiger partial charge in [0.05, 0.1) is 14.2 Å². The van der Waals surface area contributed by atoms with Crippen molar-refractivity contribution < 1.29 is 22.7 Å². The van der Waals surface area contributed by atoms with Crippen LogP contribution in [-0.4, -0.2) is 58.3 Å². The first-order valence-electron chi connectivity index (χ1n) is 10.6. The van der Waals surface area contributed by atoms with Gasteiger partial charge in [0.15, 0.2) is 5.82 Å². The van der Waals surface area contributed by atoms with Crippen LogP contribution in [-0.2, 0) is 15.8 Å². The Morgan fingerprint density at radius 1 is 0.917 bits per heavy atom. The van der Waals surface area contributed by atoms with E-state index < -0.39 is 21.7 Å². The van der Waals surface area contributed by atoms with Gasteiger partial charge in [-0.3, -0.25) is 14.3 Å². The number of nitrogens with zero attached hydrogens (tertiary/aromatic N) is 6. The van der Waals surface area contributed by atoms with Gasteiger partial charge in [-0.2, -0.15) is 0 Å². The molecule has 0 aliphatic carbocycles. The summed E-state index contributed by atoms with van der Waals surface area (Å²) in [4.78, 5) is 25.6. The molecule has 0 fully saturated rings. The van der Waals surface area contributed by atoms with Crippen molar-refractivity contribution in [3.63, 3.8) is 0 Å². The fourth-order valence-corrected chi connectivity index (χ4v) is 4.28. The topological polar surface area (TPSA) is 151 Å². The van der Waals surface area contributed by atoms with Crippen molar-refractivity contribution in [2.75, 3.05) is 14.2 Å². The number of pyridine rings is 1. The Kier molecular flexibility index (Phi) is 6.92. The molecule has 1 N–H and O–H groups in total. The zero-order chi connectivity index (χ0) is 25.9. The van der Waals surface area contributed by atoms with Crippen LogP contribution in [0.2, 0.25) is 0 Å². The van der Waals surface area contributed by atoms with Crippen molar-refractivity contribution in [1.82, 2.24) is 34.4 Å². The number of hydrogen-bond acceptors (Lipinski definition) is 10. The van der Waals surface area contributed by atoms with Crippen molar-refractivity contribution in [2.24, 2.45) is 0 Å². The molecule has 36 heavy (non-hydrogen) atoms. The van der Waals surface area contributed by atoms with E-state index in [2.05, 4.69) is 25.1 Å². The molecule has 1 amide bonds. The van der Waals surface area contributed by atoms with E-state index in [0.717, 1.165) is 11.1 Å².